The molecule has 104 valence electrons. The Labute approximate surface area is 126 Å². The third kappa shape index (κ3) is 3.93. The van der Waals surface area contributed by atoms with Gasteiger partial charge in [-0.3, -0.25) is 9.78 Å². The van der Waals surface area contributed by atoms with E-state index >= 15 is 0 Å². The van der Waals surface area contributed by atoms with E-state index in [9.17, 15) is 9.90 Å². The average molecular weight is 311 g/mol. The first-order chi connectivity index (χ1) is 9.56. The Morgan fingerprint density at radius 1 is 1.25 bits per heavy atom. The molecule has 0 aliphatic heterocycles. The number of aromatic nitrogens is 1. The lowest BCUT2D eigenvalue weighted by atomic mass is 10.1. The number of benzene rings is 1. The second-order valence-electron chi connectivity index (χ2n) is 4.14. The first-order valence-corrected chi connectivity index (χ1v) is 6.63. The van der Waals surface area contributed by atoms with Crippen LogP contribution in [0.5, 0.6) is 0 Å². The highest BCUT2D eigenvalue weighted by molar-refractivity contribution is 6.34. The summed E-state index contributed by atoms with van der Waals surface area (Å²) in [6.45, 7) is 0.241. The minimum atomic E-state index is -1.32. The molecule has 1 atom stereocenters. The normalized spacial score (nSPS) is 11.9. The van der Waals surface area contributed by atoms with Gasteiger partial charge in [0.15, 0.2) is 6.10 Å². The Bertz CT molecular complexity index is 585. The molecule has 0 aliphatic rings. The monoisotopic (exact) mass is 310 g/mol. The molecule has 4 nitrogen and oxygen atoms in total. The van der Waals surface area contributed by atoms with E-state index in [0.29, 0.717) is 21.3 Å². The summed E-state index contributed by atoms with van der Waals surface area (Å²) in [5.41, 5.74) is 1.05. The van der Waals surface area contributed by atoms with E-state index in [1.807, 2.05) is 6.07 Å². The van der Waals surface area contributed by atoms with Crippen LogP contribution in [-0.4, -0.2) is 16.0 Å². The number of aliphatic hydroxyl groups excluding tert-OH is 1. The summed E-state index contributed by atoms with van der Waals surface area (Å²) in [6.07, 6.45) is 0.309. The van der Waals surface area contributed by atoms with E-state index in [-0.39, 0.29) is 6.54 Å². The van der Waals surface area contributed by atoms with Gasteiger partial charge in [-0.1, -0.05) is 29.3 Å². The summed E-state index contributed by atoms with van der Waals surface area (Å²) in [5, 5.41) is 13.3. The van der Waals surface area contributed by atoms with Gasteiger partial charge in [0, 0.05) is 16.2 Å². The van der Waals surface area contributed by atoms with Gasteiger partial charge in [-0.25, -0.2) is 0 Å². The molecule has 2 rings (SSSR count). The Morgan fingerprint density at radius 3 is 2.55 bits per heavy atom. The maximum absolute atomic E-state index is 11.9. The number of carbonyl (C=O) groups is 1. The fourth-order valence-corrected chi connectivity index (χ4v) is 2.20. The van der Waals surface area contributed by atoms with Gasteiger partial charge in [0.25, 0.3) is 5.91 Å². The molecule has 0 bridgehead atoms. The number of carbonyl (C=O) groups excluding carboxylic acids is 1. The lowest BCUT2D eigenvalue weighted by Gasteiger charge is -2.12. The summed E-state index contributed by atoms with van der Waals surface area (Å²) in [5.74, 6) is -0.533. The maximum atomic E-state index is 11.9. The van der Waals surface area contributed by atoms with Crippen LogP contribution < -0.4 is 5.32 Å². The van der Waals surface area contributed by atoms with E-state index in [1.165, 1.54) is 18.2 Å². The average Bonchev–Trinajstić information content (AvgIpc) is 2.44. The number of rotatable bonds is 4. The zero-order valence-electron chi connectivity index (χ0n) is 10.4. The van der Waals surface area contributed by atoms with Crippen molar-refractivity contribution in [1.82, 2.24) is 10.3 Å². The molecule has 20 heavy (non-hydrogen) atoms. The zero-order valence-corrected chi connectivity index (χ0v) is 11.9. The predicted octanol–water partition coefficient (Wildman–Crippen LogP) is 2.74. The second kappa shape index (κ2) is 6.70. The molecule has 0 saturated carbocycles. The van der Waals surface area contributed by atoms with Gasteiger partial charge in [-0.2, -0.15) is 0 Å². The quantitative estimate of drug-likeness (QED) is 0.912. The van der Waals surface area contributed by atoms with Crippen molar-refractivity contribution in [3.05, 3.63) is 63.9 Å². The molecule has 1 aromatic carbocycles. The third-order valence-corrected chi connectivity index (χ3v) is 3.06. The van der Waals surface area contributed by atoms with E-state index < -0.39 is 12.0 Å². The molecule has 0 aliphatic carbocycles. The molecule has 2 N–H and O–H groups in total. The van der Waals surface area contributed by atoms with Crippen LogP contribution in [0.1, 0.15) is 17.4 Å². The molecule has 6 heteroatoms. The largest absolute Gasteiger partial charge is 0.378 e. The van der Waals surface area contributed by atoms with E-state index in [1.54, 1.807) is 18.3 Å². The number of aliphatic hydroxyl groups is 1. The summed E-state index contributed by atoms with van der Waals surface area (Å²) >= 11 is 11.7. The van der Waals surface area contributed by atoms with Crippen molar-refractivity contribution in [2.24, 2.45) is 0 Å². The van der Waals surface area contributed by atoms with Crippen molar-refractivity contribution in [2.45, 2.75) is 12.6 Å². The van der Waals surface area contributed by atoms with Crippen LogP contribution in [0.3, 0.4) is 0 Å². The van der Waals surface area contributed by atoms with Gasteiger partial charge in [0.2, 0.25) is 0 Å². The van der Waals surface area contributed by atoms with Crippen molar-refractivity contribution in [1.29, 1.82) is 0 Å². The van der Waals surface area contributed by atoms with Crippen LogP contribution in [0.15, 0.2) is 42.6 Å². The summed E-state index contributed by atoms with van der Waals surface area (Å²) < 4.78 is 0. The van der Waals surface area contributed by atoms with Crippen LogP contribution in [0.4, 0.5) is 0 Å². The van der Waals surface area contributed by atoms with Gasteiger partial charge >= 0.3 is 0 Å². The minimum Gasteiger partial charge on any atom is -0.378 e. The highest BCUT2D eigenvalue weighted by Gasteiger charge is 2.18. The molecule has 1 aromatic heterocycles. The number of amides is 1. The first-order valence-electron chi connectivity index (χ1n) is 5.88. The fourth-order valence-electron chi connectivity index (χ4n) is 1.66. The van der Waals surface area contributed by atoms with Gasteiger partial charge in [-0.15, -0.1) is 0 Å². The summed E-state index contributed by atoms with van der Waals surface area (Å²) in [6, 6.07) is 9.92. The third-order valence-electron chi connectivity index (χ3n) is 2.62. The number of hydrogen-bond donors (Lipinski definition) is 2. The van der Waals surface area contributed by atoms with Crippen molar-refractivity contribution in [3.63, 3.8) is 0 Å². The Kier molecular flexibility index (Phi) is 4.95. The molecule has 1 amide bonds. The SMILES string of the molecule is O=C(NCc1ccccn1)C(O)c1cc(Cl)cc(Cl)c1. The van der Waals surface area contributed by atoms with Crippen molar-refractivity contribution in [2.75, 3.05) is 0 Å². The number of nitrogens with one attached hydrogen (secondary N) is 1. The predicted molar refractivity (Wildman–Crippen MR) is 77.5 cm³/mol. The lowest BCUT2D eigenvalue weighted by molar-refractivity contribution is -0.129. The number of pyridine rings is 1. The van der Waals surface area contributed by atoms with E-state index in [4.69, 9.17) is 23.2 Å². The van der Waals surface area contributed by atoms with Gasteiger partial charge in [0.05, 0.1) is 12.2 Å². The molecule has 0 fully saturated rings. The van der Waals surface area contributed by atoms with Gasteiger partial charge in [-0.05, 0) is 35.9 Å². The summed E-state index contributed by atoms with van der Waals surface area (Å²) in [7, 11) is 0. The Morgan fingerprint density at radius 2 is 1.95 bits per heavy atom. The van der Waals surface area contributed by atoms with Crippen LogP contribution in [0.2, 0.25) is 10.0 Å². The standard InChI is InChI=1S/C14H12Cl2N2O2/c15-10-5-9(6-11(16)7-10)13(19)14(20)18-8-12-3-1-2-4-17-12/h1-7,13,19H,8H2,(H,18,20). The Balaban J connectivity index is 2.01. The maximum Gasteiger partial charge on any atom is 0.253 e. The van der Waals surface area contributed by atoms with Crippen molar-refractivity contribution in [3.8, 4) is 0 Å². The lowest BCUT2D eigenvalue weighted by Crippen LogP contribution is -2.29. The number of hydrogen-bond acceptors (Lipinski definition) is 3. The molecule has 0 saturated heterocycles. The van der Waals surface area contributed by atoms with Crippen LogP contribution in [0.25, 0.3) is 0 Å². The van der Waals surface area contributed by atoms with Gasteiger partial charge < -0.3 is 10.4 Å². The smallest absolute Gasteiger partial charge is 0.253 e. The molecule has 0 spiro atoms. The molecular weight excluding hydrogens is 299 g/mol. The molecule has 1 unspecified atom stereocenters. The molecule has 1 heterocycles. The van der Waals surface area contributed by atoms with Crippen molar-refractivity contribution < 1.29 is 9.90 Å². The van der Waals surface area contributed by atoms with Crippen LogP contribution in [0, 0.1) is 0 Å². The van der Waals surface area contributed by atoms with Crippen molar-refractivity contribution >= 4 is 29.1 Å². The molecule has 0 radical (unpaired) electrons. The highest BCUT2D eigenvalue weighted by Crippen LogP contribution is 2.23. The molecule has 2 aromatic rings. The minimum absolute atomic E-state index is 0.241. The Hall–Kier alpha value is -1.62. The first kappa shape index (κ1) is 14.8. The van der Waals surface area contributed by atoms with Crippen LogP contribution >= 0.6 is 23.2 Å². The van der Waals surface area contributed by atoms with E-state index in [0.717, 1.165) is 0 Å². The zero-order chi connectivity index (χ0) is 14.5. The van der Waals surface area contributed by atoms with Gasteiger partial charge in [0.1, 0.15) is 0 Å². The number of nitrogens with zero attached hydrogens (tertiary/aromatic N) is 1. The number of halogens is 2. The topological polar surface area (TPSA) is 62.2 Å². The van der Waals surface area contributed by atoms with E-state index in [2.05, 4.69) is 10.3 Å². The van der Waals surface area contributed by atoms with Crippen LogP contribution in [-0.2, 0) is 11.3 Å². The summed E-state index contributed by atoms with van der Waals surface area (Å²) in [4.78, 5) is 15.9. The molecular formula is C14H12Cl2N2O2. The highest BCUT2D eigenvalue weighted by atomic mass is 35.5. The fraction of sp³-hybridized carbons (Fsp3) is 0.143. The second-order valence-corrected chi connectivity index (χ2v) is 5.02.